The molecule has 0 saturated heterocycles. The van der Waals surface area contributed by atoms with Gasteiger partial charge in [-0.2, -0.15) is 18.3 Å². The zero-order chi connectivity index (χ0) is 15.9. The Morgan fingerprint density at radius 2 is 1.77 bits per heavy atom. The summed E-state index contributed by atoms with van der Waals surface area (Å²) in [5.41, 5.74) is 0.511. The SMILES string of the molecule is O=[N+]([O-])c1ccc2[nH]nc(-c3ccc(C(F)(F)F)cc3)c2c1. The largest absolute Gasteiger partial charge is 0.416 e. The Kier molecular flexibility index (Phi) is 3.09. The van der Waals surface area contributed by atoms with Gasteiger partial charge >= 0.3 is 6.18 Å². The standard InChI is InChI=1S/C14H8F3N3O2/c15-14(16,17)9-3-1-8(2-4-9)13-11-7-10(20(21)22)5-6-12(11)18-19-13/h1-7H,(H,18,19). The highest BCUT2D eigenvalue weighted by Gasteiger charge is 2.30. The lowest BCUT2D eigenvalue weighted by atomic mass is 10.1. The number of fused-ring (bicyclic) bond motifs is 1. The van der Waals surface area contributed by atoms with E-state index in [9.17, 15) is 23.3 Å². The third-order valence-electron chi connectivity index (χ3n) is 3.24. The van der Waals surface area contributed by atoms with Crippen LogP contribution in [0.5, 0.6) is 0 Å². The van der Waals surface area contributed by atoms with E-state index in [1.807, 2.05) is 0 Å². The summed E-state index contributed by atoms with van der Waals surface area (Å²) in [7, 11) is 0. The number of nitro benzene ring substituents is 1. The van der Waals surface area contributed by atoms with E-state index in [4.69, 9.17) is 0 Å². The topological polar surface area (TPSA) is 71.8 Å². The number of nitrogens with one attached hydrogen (secondary N) is 1. The molecule has 1 heterocycles. The van der Waals surface area contributed by atoms with Crippen molar-refractivity contribution in [3.05, 3.63) is 58.1 Å². The van der Waals surface area contributed by atoms with Gasteiger partial charge in [0.2, 0.25) is 0 Å². The fourth-order valence-corrected chi connectivity index (χ4v) is 2.15. The fourth-order valence-electron chi connectivity index (χ4n) is 2.15. The molecular weight excluding hydrogens is 299 g/mol. The van der Waals surface area contributed by atoms with E-state index < -0.39 is 16.7 Å². The number of hydrogen-bond donors (Lipinski definition) is 1. The Balaban J connectivity index is 2.10. The summed E-state index contributed by atoms with van der Waals surface area (Å²) in [4.78, 5) is 10.3. The summed E-state index contributed by atoms with van der Waals surface area (Å²) in [5.74, 6) is 0. The Bertz CT molecular complexity index is 854. The highest BCUT2D eigenvalue weighted by Crippen LogP contribution is 2.33. The van der Waals surface area contributed by atoms with Gasteiger partial charge in [0.05, 0.1) is 16.0 Å². The normalized spacial score (nSPS) is 11.8. The number of rotatable bonds is 2. The maximum atomic E-state index is 12.6. The predicted molar refractivity (Wildman–Crippen MR) is 73.2 cm³/mol. The van der Waals surface area contributed by atoms with E-state index >= 15 is 0 Å². The molecule has 0 atom stereocenters. The second kappa shape index (κ2) is 4.83. The first-order valence-corrected chi connectivity index (χ1v) is 6.16. The van der Waals surface area contributed by atoms with Crippen molar-refractivity contribution in [2.45, 2.75) is 6.18 Å². The van der Waals surface area contributed by atoms with Gasteiger partial charge in [-0.1, -0.05) is 12.1 Å². The molecule has 0 aliphatic carbocycles. The van der Waals surface area contributed by atoms with Crippen LogP contribution in [-0.4, -0.2) is 15.1 Å². The summed E-state index contributed by atoms with van der Waals surface area (Å²) in [5, 5.41) is 18.0. The lowest BCUT2D eigenvalue weighted by Crippen LogP contribution is -2.04. The van der Waals surface area contributed by atoms with Crippen molar-refractivity contribution >= 4 is 16.6 Å². The van der Waals surface area contributed by atoms with Crippen LogP contribution < -0.4 is 0 Å². The van der Waals surface area contributed by atoms with Crippen LogP contribution in [0.3, 0.4) is 0 Å². The molecule has 0 bridgehead atoms. The molecule has 0 aliphatic rings. The van der Waals surface area contributed by atoms with Gasteiger partial charge in [-0.05, 0) is 18.2 Å². The molecule has 0 radical (unpaired) electrons. The van der Waals surface area contributed by atoms with Crippen LogP contribution in [0.1, 0.15) is 5.56 Å². The molecule has 0 saturated carbocycles. The molecule has 0 aliphatic heterocycles. The second-order valence-corrected chi connectivity index (χ2v) is 4.63. The summed E-state index contributed by atoms with van der Waals surface area (Å²) in [6, 6.07) is 8.66. The van der Waals surface area contributed by atoms with Crippen molar-refractivity contribution in [3.63, 3.8) is 0 Å². The van der Waals surface area contributed by atoms with Gasteiger partial charge in [0.25, 0.3) is 5.69 Å². The smallest absolute Gasteiger partial charge is 0.277 e. The van der Waals surface area contributed by atoms with E-state index in [-0.39, 0.29) is 5.69 Å². The zero-order valence-corrected chi connectivity index (χ0v) is 10.9. The van der Waals surface area contributed by atoms with Crippen molar-refractivity contribution in [2.24, 2.45) is 0 Å². The minimum absolute atomic E-state index is 0.109. The highest BCUT2D eigenvalue weighted by atomic mass is 19.4. The number of nitrogens with zero attached hydrogens (tertiary/aromatic N) is 2. The minimum Gasteiger partial charge on any atom is -0.277 e. The van der Waals surface area contributed by atoms with Crippen molar-refractivity contribution < 1.29 is 18.1 Å². The van der Waals surface area contributed by atoms with Crippen LogP contribution in [0.15, 0.2) is 42.5 Å². The molecule has 3 aromatic rings. The number of non-ortho nitro benzene ring substituents is 1. The van der Waals surface area contributed by atoms with E-state index in [0.29, 0.717) is 22.2 Å². The molecule has 8 heteroatoms. The first-order valence-electron chi connectivity index (χ1n) is 6.16. The van der Waals surface area contributed by atoms with Crippen molar-refractivity contribution in [1.29, 1.82) is 0 Å². The van der Waals surface area contributed by atoms with Crippen molar-refractivity contribution in [1.82, 2.24) is 10.2 Å². The van der Waals surface area contributed by atoms with E-state index in [2.05, 4.69) is 10.2 Å². The van der Waals surface area contributed by atoms with Gasteiger partial charge in [-0.25, -0.2) is 0 Å². The van der Waals surface area contributed by atoms with Crippen LogP contribution in [-0.2, 0) is 6.18 Å². The summed E-state index contributed by atoms with van der Waals surface area (Å²) < 4.78 is 37.7. The molecule has 22 heavy (non-hydrogen) atoms. The van der Waals surface area contributed by atoms with Crippen LogP contribution in [0.25, 0.3) is 22.2 Å². The van der Waals surface area contributed by atoms with Crippen molar-refractivity contribution in [3.8, 4) is 11.3 Å². The third kappa shape index (κ3) is 2.39. The number of halogens is 3. The number of nitro groups is 1. The van der Waals surface area contributed by atoms with Gasteiger partial charge in [-0.3, -0.25) is 15.2 Å². The average molecular weight is 307 g/mol. The van der Waals surface area contributed by atoms with Gasteiger partial charge in [0.15, 0.2) is 0 Å². The van der Waals surface area contributed by atoms with Gasteiger partial charge in [0, 0.05) is 23.1 Å². The number of alkyl halides is 3. The maximum Gasteiger partial charge on any atom is 0.416 e. The predicted octanol–water partition coefficient (Wildman–Crippen LogP) is 4.16. The van der Waals surface area contributed by atoms with Crippen LogP contribution >= 0.6 is 0 Å². The molecule has 0 unspecified atom stereocenters. The van der Waals surface area contributed by atoms with Gasteiger partial charge in [0.1, 0.15) is 5.69 Å². The fraction of sp³-hybridized carbons (Fsp3) is 0.0714. The maximum absolute atomic E-state index is 12.6. The first kappa shape index (κ1) is 14.1. The minimum atomic E-state index is -4.41. The van der Waals surface area contributed by atoms with E-state index in [1.165, 1.54) is 30.3 Å². The number of aromatic nitrogens is 2. The number of hydrogen-bond acceptors (Lipinski definition) is 3. The molecule has 0 fully saturated rings. The molecule has 1 aromatic heterocycles. The van der Waals surface area contributed by atoms with E-state index in [0.717, 1.165) is 12.1 Å². The van der Waals surface area contributed by atoms with Gasteiger partial charge < -0.3 is 0 Å². The summed E-state index contributed by atoms with van der Waals surface area (Å²) >= 11 is 0. The van der Waals surface area contributed by atoms with Crippen LogP contribution in [0.2, 0.25) is 0 Å². The molecular formula is C14H8F3N3O2. The first-order chi connectivity index (χ1) is 10.4. The molecule has 2 aromatic carbocycles. The van der Waals surface area contributed by atoms with Gasteiger partial charge in [-0.15, -0.1) is 0 Å². The Labute approximate surface area is 121 Å². The summed E-state index contributed by atoms with van der Waals surface area (Å²) in [6.45, 7) is 0. The second-order valence-electron chi connectivity index (χ2n) is 4.63. The number of H-pyrrole nitrogens is 1. The molecule has 0 spiro atoms. The number of aromatic amines is 1. The third-order valence-corrected chi connectivity index (χ3v) is 3.24. The summed E-state index contributed by atoms with van der Waals surface area (Å²) in [6.07, 6.45) is -4.41. The Morgan fingerprint density at radius 3 is 2.36 bits per heavy atom. The monoisotopic (exact) mass is 307 g/mol. The number of benzene rings is 2. The van der Waals surface area contributed by atoms with Crippen LogP contribution in [0, 0.1) is 10.1 Å². The van der Waals surface area contributed by atoms with Crippen molar-refractivity contribution in [2.75, 3.05) is 0 Å². The van der Waals surface area contributed by atoms with Crippen LogP contribution in [0.4, 0.5) is 18.9 Å². The lowest BCUT2D eigenvalue weighted by molar-refractivity contribution is -0.384. The van der Waals surface area contributed by atoms with E-state index in [1.54, 1.807) is 0 Å². The average Bonchev–Trinajstić information content (AvgIpc) is 2.89. The Morgan fingerprint density at radius 1 is 1.09 bits per heavy atom. The molecule has 112 valence electrons. The molecule has 0 amide bonds. The quantitative estimate of drug-likeness (QED) is 0.571. The zero-order valence-electron chi connectivity index (χ0n) is 10.9. The Hall–Kier alpha value is -2.90. The molecule has 1 N–H and O–H groups in total. The lowest BCUT2D eigenvalue weighted by Gasteiger charge is -2.06. The molecule has 3 rings (SSSR count). The molecule has 5 nitrogen and oxygen atoms in total. The highest BCUT2D eigenvalue weighted by molar-refractivity contribution is 5.94.